The molecule has 0 spiro atoms. The molecule has 7 nitrogen and oxygen atoms in total. The van der Waals surface area contributed by atoms with E-state index < -0.39 is 11.9 Å². The number of carbonyl (C=O) groups is 2. The van der Waals surface area contributed by atoms with Crippen molar-refractivity contribution in [2.24, 2.45) is 11.8 Å². The smallest absolute Gasteiger partial charge is 0.304 e. The van der Waals surface area contributed by atoms with Crippen LogP contribution in [0.15, 0.2) is 15.1 Å². The minimum absolute atomic E-state index is 0.0634. The number of carboxylic acids is 1. The SMILES string of the molecule is Cc1cc(CC(=O)C[C@H](CC(=O)O)c2noc(C3CC(CC(C)C)C3)c2C2CC2)no1. The summed E-state index contributed by atoms with van der Waals surface area (Å²) in [4.78, 5) is 24.3. The van der Waals surface area contributed by atoms with Crippen molar-refractivity contribution in [1.82, 2.24) is 10.3 Å². The Morgan fingerprint density at radius 1 is 1.13 bits per heavy atom. The van der Waals surface area contributed by atoms with Crippen molar-refractivity contribution in [1.29, 1.82) is 0 Å². The maximum atomic E-state index is 12.7. The van der Waals surface area contributed by atoms with Crippen LogP contribution in [0.25, 0.3) is 0 Å². The highest BCUT2D eigenvalue weighted by Gasteiger charge is 2.42. The van der Waals surface area contributed by atoms with Gasteiger partial charge < -0.3 is 14.2 Å². The summed E-state index contributed by atoms with van der Waals surface area (Å²) in [5, 5.41) is 17.7. The Labute approximate surface area is 182 Å². The lowest BCUT2D eigenvalue weighted by molar-refractivity contribution is -0.137. The molecule has 0 amide bonds. The van der Waals surface area contributed by atoms with Crippen LogP contribution in [0, 0.1) is 18.8 Å². The summed E-state index contributed by atoms with van der Waals surface area (Å²) in [6, 6.07) is 1.73. The molecule has 2 fully saturated rings. The van der Waals surface area contributed by atoms with Crippen LogP contribution in [-0.2, 0) is 16.0 Å². The van der Waals surface area contributed by atoms with Crippen molar-refractivity contribution >= 4 is 11.8 Å². The van der Waals surface area contributed by atoms with E-state index in [1.807, 2.05) is 0 Å². The van der Waals surface area contributed by atoms with Gasteiger partial charge in [0.2, 0.25) is 0 Å². The number of nitrogens with zero attached hydrogens (tertiary/aromatic N) is 2. The number of aryl methyl sites for hydroxylation is 1. The number of ketones is 1. The molecule has 168 valence electrons. The third-order valence-electron chi connectivity index (χ3n) is 6.52. The molecule has 2 aliphatic rings. The van der Waals surface area contributed by atoms with Gasteiger partial charge in [-0.05, 0) is 56.8 Å². The quantitative estimate of drug-likeness (QED) is 0.527. The number of Topliss-reactive ketones (excluding diaryl/α,β-unsaturated/α-hetero) is 1. The highest BCUT2D eigenvalue weighted by Crippen LogP contribution is 2.52. The molecule has 2 saturated carbocycles. The number of rotatable bonds is 11. The first kappa shape index (κ1) is 21.8. The van der Waals surface area contributed by atoms with Gasteiger partial charge in [0, 0.05) is 29.9 Å². The van der Waals surface area contributed by atoms with Crippen molar-refractivity contribution in [2.45, 2.75) is 89.9 Å². The third kappa shape index (κ3) is 5.25. The van der Waals surface area contributed by atoms with Crippen LogP contribution >= 0.6 is 0 Å². The molecular weight excluding hydrogens is 396 g/mol. The second-order valence-electron chi connectivity index (χ2n) is 9.93. The van der Waals surface area contributed by atoms with Crippen LogP contribution in [0.5, 0.6) is 0 Å². The number of hydrogen-bond acceptors (Lipinski definition) is 6. The second kappa shape index (κ2) is 8.97. The van der Waals surface area contributed by atoms with Crippen molar-refractivity contribution in [3.8, 4) is 0 Å². The summed E-state index contributed by atoms with van der Waals surface area (Å²) >= 11 is 0. The summed E-state index contributed by atoms with van der Waals surface area (Å²) in [7, 11) is 0. The number of hydrogen-bond donors (Lipinski definition) is 1. The van der Waals surface area contributed by atoms with Gasteiger partial charge in [-0.2, -0.15) is 0 Å². The first-order valence-electron chi connectivity index (χ1n) is 11.4. The highest BCUT2D eigenvalue weighted by molar-refractivity contribution is 5.82. The molecule has 0 saturated heterocycles. The van der Waals surface area contributed by atoms with Crippen LogP contribution in [0.2, 0.25) is 0 Å². The fourth-order valence-electron chi connectivity index (χ4n) is 5.03. The molecule has 0 radical (unpaired) electrons. The molecule has 2 aromatic heterocycles. The van der Waals surface area contributed by atoms with E-state index in [-0.39, 0.29) is 25.0 Å². The fourth-order valence-corrected chi connectivity index (χ4v) is 5.03. The Hall–Kier alpha value is -2.44. The number of carboxylic acid groups (broad SMARTS) is 1. The lowest BCUT2D eigenvalue weighted by Gasteiger charge is -2.35. The largest absolute Gasteiger partial charge is 0.481 e. The second-order valence-corrected chi connectivity index (χ2v) is 9.93. The Balaban J connectivity index is 1.51. The van der Waals surface area contributed by atoms with Gasteiger partial charge in [0.1, 0.15) is 17.3 Å². The predicted molar refractivity (Wildman–Crippen MR) is 113 cm³/mol. The Morgan fingerprint density at radius 3 is 2.45 bits per heavy atom. The van der Waals surface area contributed by atoms with Crippen molar-refractivity contribution in [3.05, 3.63) is 34.5 Å². The Morgan fingerprint density at radius 2 is 1.87 bits per heavy atom. The summed E-state index contributed by atoms with van der Waals surface area (Å²) in [5.74, 6) is 2.33. The molecule has 0 aliphatic heterocycles. The van der Waals surface area contributed by atoms with Crippen LogP contribution in [0.1, 0.15) is 105 Å². The highest BCUT2D eigenvalue weighted by atomic mass is 16.5. The molecule has 31 heavy (non-hydrogen) atoms. The van der Waals surface area contributed by atoms with E-state index in [4.69, 9.17) is 9.05 Å². The molecule has 4 rings (SSSR count). The average molecular weight is 429 g/mol. The molecule has 2 aromatic rings. The molecule has 1 atom stereocenters. The van der Waals surface area contributed by atoms with Gasteiger partial charge in [0.05, 0.1) is 24.2 Å². The topological polar surface area (TPSA) is 106 Å². The lowest BCUT2D eigenvalue weighted by Crippen LogP contribution is -2.23. The molecular formula is C24H32N2O5. The van der Waals surface area contributed by atoms with Gasteiger partial charge in [0.25, 0.3) is 0 Å². The standard InChI is InChI=1S/C24H32N2O5/c1-13(2)6-15-8-18(9-15)24-22(16-4-5-16)23(26-31-24)17(11-21(28)29)10-20(27)12-19-7-14(3)30-25-19/h7,13,15-18H,4-6,8-12H2,1-3H3,(H,28,29)/t15?,17-,18?/m1/s1. The summed E-state index contributed by atoms with van der Waals surface area (Å²) in [6.07, 6.45) is 5.73. The maximum absolute atomic E-state index is 12.7. The van der Waals surface area contributed by atoms with Gasteiger partial charge in [-0.25, -0.2) is 0 Å². The van der Waals surface area contributed by atoms with Crippen LogP contribution in [0.3, 0.4) is 0 Å². The maximum Gasteiger partial charge on any atom is 0.304 e. The molecule has 0 bridgehead atoms. The molecule has 1 N–H and O–H groups in total. The average Bonchev–Trinajstić information content (AvgIpc) is 3.26. The third-order valence-corrected chi connectivity index (χ3v) is 6.52. The van der Waals surface area contributed by atoms with Crippen LogP contribution in [0.4, 0.5) is 0 Å². The molecule has 2 heterocycles. The number of carbonyl (C=O) groups excluding carboxylic acids is 1. The van der Waals surface area contributed by atoms with Gasteiger partial charge in [0.15, 0.2) is 0 Å². The Kier molecular flexibility index (Phi) is 6.30. The van der Waals surface area contributed by atoms with E-state index >= 15 is 0 Å². The van der Waals surface area contributed by atoms with Gasteiger partial charge in [-0.1, -0.05) is 24.2 Å². The Bertz CT molecular complexity index is 934. The summed E-state index contributed by atoms with van der Waals surface area (Å²) in [5.41, 5.74) is 2.37. The van der Waals surface area contributed by atoms with Crippen molar-refractivity contribution < 1.29 is 23.7 Å². The first-order chi connectivity index (χ1) is 14.8. The number of aliphatic carboxylic acids is 1. The molecule has 2 aliphatic carbocycles. The van der Waals surface area contributed by atoms with Crippen LogP contribution in [-0.4, -0.2) is 27.2 Å². The van der Waals surface area contributed by atoms with E-state index in [9.17, 15) is 14.7 Å². The molecule has 0 unspecified atom stereocenters. The monoisotopic (exact) mass is 428 g/mol. The zero-order valence-corrected chi connectivity index (χ0v) is 18.6. The minimum atomic E-state index is -0.929. The van der Waals surface area contributed by atoms with E-state index in [1.54, 1.807) is 13.0 Å². The van der Waals surface area contributed by atoms with Crippen LogP contribution < -0.4 is 0 Å². The van der Waals surface area contributed by atoms with Crippen molar-refractivity contribution in [3.63, 3.8) is 0 Å². The van der Waals surface area contributed by atoms with E-state index in [1.165, 1.54) is 6.42 Å². The van der Waals surface area contributed by atoms with E-state index in [2.05, 4.69) is 24.2 Å². The van der Waals surface area contributed by atoms with E-state index in [0.29, 0.717) is 34.9 Å². The van der Waals surface area contributed by atoms with E-state index in [0.717, 1.165) is 42.9 Å². The first-order valence-corrected chi connectivity index (χ1v) is 11.4. The molecule has 0 aromatic carbocycles. The van der Waals surface area contributed by atoms with Crippen molar-refractivity contribution in [2.75, 3.05) is 0 Å². The zero-order chi connectivity index (χ0) is 22.1. The van der Waals surface area contributed by atoms with Gasteiger partial charge >= 0.3 is 5.97 Å². The summed E-state index contributed by atoms with van der Waals surface area (Å²) in [6.45, 7) is 6.28. The summed E-state index contributed by atoms with van der Waals surface area (Å²) < 4.78 is 10.9. The zero-order valence-electron chi connectivity index (χ0n) is 18.6. The normalized spacial score (nSPS) is 21.8. The predicted octanol–water partition coefficient (Wildman–Crippen LogP) is 5.15. The van der Waals surface area contributed by atoms with Gasteiger partial charge in [-0.15, -0.1) is 0 Å². The molecule has 7 heteroatoms. The minimum Gasteiger partial charge on any atom is -0.481 e. The lowest BCUT2D eigenvalue weighted by atomic mass is 9.69. The van der Waals surface area contributed by atoms with Gasteiger partial charge in [-0.3, -0.25) is 9.59 Å². The fraction of sp³-hybridized carbons (Fsp3) is 0.667. The number of aromatic nitrogens is 2.